The van der Waals surface area contributed by atoms with Crippen LogP contribution in [0.5, 0.6) is 0 Å². The van der Waals surface area contributed by atoms with Crippen LogP contribution in [-0.4, -0.2) is 23.1 Å². The van der Waals surface area contributed by atoms with E-state index in [0.29, 0.717) is 0 Å². The molecule has 4 aliphatic rings. The lowest BCUT2D eigenvalue weighted by Gasteiger charge is -2.50. The van der Waals surface area contributed by atoms with E-state index in [0.717, 1.165) is 11.8 Å². The first-order chi connectivity index (χ1) is 13.3. The summed E-state index contributed by atoms with van der Waals surface area (Å²) in [5.74, 6) is 2.15. The molecule has 4 rings (SSSR count). The Morgan fingerprint density at radius 3 is 1.22 bits per heavy atom. The molecule has 0 bridgehead atoms. The van der Waals surface area contributed by atoms with E-state index < -0.39 is 7.26 Å². The minimum Gasteiger partial charge on any atom is -0.0625 e. The second-order valence-electron chi connectivity index (χ2n) is 11.2. The quantitative estimate of drug-likeness (QED) is 0.411. The van der Waals surface area contributed by atoms with Gasteiger partial charge in [0.15, 0.2) is 0 Å². The second kappa shape index (κ2) is 9.96. The molecule has 0 amide bonds. The van der Waals surface area contributed by atoms with Gasteiger partial charge in [-0.3, -0.25) is 0 Å². The molecule has 4 aliphatic carbocycles. The monoisotopic (exact) mass is 391 g/mol. The lowest BCUT2D eigenvalue weighted by atomic mass is 9.84. The molecule has 0 spiro atoms. The maximum atomic E-state index is 2.52. The zero-order valence-electron chi connectivity index (χ0n) is 18.5. The Hall–Kier alpha value is 0.430. The largest absolute Gasteiger partial charge is 0.0703 e. The average molecular weight is 392 g/mol. The second-order valence-corrected chi connectivity index (χ2v) is 15.7. The van der Waals surface area contributed by atoms with Gasteiger partial charge in [-0.2, -0.15) is 0 Å². The van der Waals surface area contributed by atoms with Gasteiger partial charge >= 0.3 is 0 Å². The Balaban J connectivity index is 1.62. The highest BCUT2D eigenvalue weighted by Crippen LogP contribution is 2.78. The fraction of sp³-hybridized carbons (Fsp3) is 1.00. The standard InChI is InChI=1S/C26H48P/c1-22-17-19-23(20-18-22)21-27(24-11-5-2-6-12-24,25-13-7-3-8-14-25)26-15-9-4-10-16-26/h22-26H,2-21H2,1H3/q+1. The van der Waals surface area contributed by atoms with Crippen molar-refractivity contribution >= 4 is 7.26 Å². The number of rotatable bonds is 5. The lowest BCUT2D eigenvalue weighted by molar-refractivity contribution is 0.307. The maximum Gasteiger partial charge on any atom is 0.0703 e. The van der Waals surface area contributed by atoms with Crippen LogP contribution in [0, 0.1) is 11.8 Å². The van der Waals surface area contributed by atoms with Crippen LogP contribution in [0.1, 0.15) is 129 Å². The van der Waals surface area contributed by atoms with Gasteiger partial charge in [0.2, 0.25) is 0 Å². The van der Waals surface area contributed by atoms with Crippen molar-refractivity contribution in [2.45, 2.75) is 146 Å². The summed E-state index contributed by atoms with van der Waals surface area (Å²) in [6.45, 7) is 2.52. The Bertz CT molecular complexity index is 372. The van der Waals surface area contributed by atoms with Crippen LogP contribution in [0.3, 0.4) is 0 Å². The van der Waals surface area contributed by atoms with E-state index >= 15 is 0 Å². The van der Waals surface area contributed by atoms with Crippen LogP contribution in [-0.2, 0) is 0 Å². The van der Waals surface area contributed by atoms with Crippen LogP contribution >= 0.6 is 7.26 Å². The first-order valence-corrected chi connectivity index (χ1v) is 15.3. The van der Waals surface area contributed by atoms with Crippen molar-refractivity contribution in [2.75, 3.05) is 6.16 Å². The minimum atomic E-state index is -0.811. The first-order valence-electron chi connectivity index (χ1n) is 13.2. The molecule has 4 fully saturated rings. The van der Waals surface area contributed by atoms with Crippen molar-refractivity contribution in [2.24, 2.45) is 11.8 Å². The topological polar surface area (TPSA) is 0 Å². The van der Waals surface area contributed by atoms with Gasteiger partial charge in [0.1, 0.15) is 0 Å². The molecule has 0 heterocycles. The van der Waals surface area contributed by atoms with E-state index in [4.69, 9.17) is 0 Å². The molecule has 0 aromatic heterocycles. The third-order valence-electron chi connectivity index (χ3n) is 9.47. The summed E-state index contributed by atoms with van der Waals surface area (Å²) in [7, 11) is -0.811. The molecule has 4 saturated carbocycles. The van der Waals surface area contributed by atoms with Gasteiger partial charge in [-0.05, 0) is 102 Å². The van der Waals surface area contributed by atoms with Crippen molar-refractivity contribution in [1.82, 2.24) is 0 Å². The number of hydrogen-bond donors (Lipinski definition) is 0. The Morgan fingerprint density at radius 1 is 0.481 bits per heavy atom. The van der Waals surface area contributed by atoms with E-state index in [2.05, 4.69) is 6.92 Å². The summed E-state index contributed by atoms with van der Waals surface area (Å²) in [6, 6.07) is 0. The number of hydrogen-bond acceptors (Lipinski definition) is 0. The van der Waals surface area contributed by atoms with Crippen LogP contribution in [0.15, 0.2) is 0 Å². The van der Waals surface area contributed by atoms with E-state index in [1.807, 2.05) is 0 Å². The Kier molecular flexibility index (Phi) is 7.63. The molecule has 0 atom stereocenters. The fourth-order valence-electron chi connectivity index (χ4n) is 7.99. The van der Waals surface area contributed by atoms with Crippen LogP contribution < -0.4 is 0 Å². The van der Waals surface area contributed by atoms with Gasteiger partial charge in [0.25, 0.3) is 0 Å². The first kappa shape index (κ1) is 20.7. The van der Waals surface area contributed by atoms with Gasteiger partial charge in [0, 0.05) is 7.26 Å². The SMILES string of the molecule is CC1CCC(C[P+](C2CCCCC2)(C2CCCCC2)C2CCCCC2)CC1. The van der Waals surface area contributed by atoms with Gasteiger partial charge in [-0.15, -0.1) is 0 Å². The van der Waals surface area contributed by atoms with Crippen molar-refractivity contribution in [3.8, 4) is 0 Å². The van der Waals surface area contributed by atoms with E-state index in [9.17, 15) is 0 Å². The molecule has 0 radical (unpaired) electrons. The molecule has 0 N–H and O–H groups in total. The molecule has 0 unspecified atom stereocenters. The summed E-state index contributed by atoms with van der Waals surface area (Å²) >= 11 is 0. The van der Waals surface area contributed by atoms with Crippen LogP contribution in [0.25, 0.3) is 0 Å². The zero-order valence-corrected chi connectivity index (χ0v) is 19.4. The molecule has 0 aliphatic heterocycles. The van der Waals surface area contributed by atoms with E-state index in [1.54, 1.807) is 128 Å². The Morgan fingerprint density at radius 2 is 0.852 bits per heavy atom. The third kappa shape index (κ3) is 4.78. The van der Waals surface area contributed by atoms with Crippen LogP contribution in [0.4, 0.5) is 0 Å². The van der Waals surface area contributed by atoms with Gasteiger partial charge in [-0.25, -0.2) is 0 Å². The molecule has 0 aromatic rings. The zero-order chi connectivity index (χ0) is 18.5. The predicted octanol–water partition coefficient (Wildman–Crippen LogP) is 8.83. The molecule has 0 saturated heterocycles. The van der Waals surface area contributed by atoms with Crippen LogP contribution in [0.2, 0.25) is 0 Å². The highest BCUT2D eigenvalue weighted by molar-refractivity contribution is 7.77. The lowest BCUT2D eigenvalue weighted by Crippen LogP contribution is -2.39. The normalized spacial score (nSPS) is 33.2. The molecule has 1 heteroatoms. The molecular weight excluding hydrogens is 343 g/mol. The predicted molar refractivity (Wildman–Crippen MR) is 124 cm³/mol. The maximum absolute atomic E-state index is 2.52. The fourth-order valence-corrected chi connectivity index (χ4v) is 15.9. The summed E-state index contributed by atoms with van der Waals surface area (Å²) in [5, 5.41) is 0. The molecule has 0 nitrogen and oxygen atoms in total. The summed E-state index contributed by atoms with van der Waals surface area (Å²) in [5.41, 5.74) is 3.62. The van der Waals surface area contributed by atoms with Gasteiger partial charge < -0.3 is 0 Å². The van der Waals surface area contributed by atoms with E-state index in [-0.39, 0.29) is 0 Å². The van der Waals surface area contributed by atoms with Gasteiger partial charge in [0.05, 0.1) is 23.1 Å². The molecule has 0 aromatic carbocycles. The average Bonchev–Trinajstić information content (AvgIpc) is 2.75. The smallest absolute Gasteiger partial charge is 0.0625 e. The summed E-state index contributed by atoms with van der Waals surface area (Å²) < 4.78 is 0. The Labute approximate surface area is 171 Å². The van der Waals surface area contributed by atoms with Crippen molar-refractivity contribution < 1.29 is 0 Å². The van der Waals surface area contributed by atoms with Gasteiger partial charge in [-0.1, -0.05) is 39.0 Å². The third-order valence-corrected chi connectivity index (χ3v) is 16.3. The molecular formula is C26H48P+. The molecule has 156 valence electrons. The highest BCUT2D eigenvalue weighted by Gasteiger charge is 2.57. The van der Waals surface area contributed by atoms with Crippen molar-refractivity contribution in [3.05, 3.63) is 0 Å². The minimum absolute atomic E-state index is 0.811. The van der Waals surface area contributed by atoms with Crippen molar-refractivity contribution in [3.63, 3.8) is 0 Å². The van der Waals surface area contributed by atoms with Crippen molar-refractivity contribution in [1.29, 1.82) is 0 Å². The molecule has 27 heavy (non-hydrogen) atoms. The highest BCUT2D eigenvalue weighted by atomic mass is 31.2. The van der Waals surface area contributed by atoms with E-state index in [1.165, 1.54) is 17.0 Å². The summed E-state index contributed by atoms with van der Waals surface area (Å²) in [6.07, 6.45) is 32.0. The summed E-state index contributed by atoms with van der Waals surface area (Å²) in [4.78, 5) is 0.